The Morgan fingerprint density at radius 1 is 1.23 bits per heavy atom. The van der Waals surface area contributed by atoms with Gasteiger partial charge in [0.1, 0.15) is 0 Å². The van der Waals surface area contributed by atoms with E-state index in [1.54, 1.807) is 0 Å². The molecule has 1 fully saturated rings. The summed E-state index contributed by atoms with van der Waals surface area (Å²) in [6.07, 6.45) is 8.77. The zero-order valence-electron chi connectivity index (χ0n) is 9.13. The van der Waals surface area contributed by atoms with Gasteiger partial charge in [-0.05, 0) is 31.1 Å². The standard InChI is InChI=1S/C12H24O/c1-3-10(2)9-12(13)11-7-5-4-6-8-11/h10-13H,3-9H2,1-2H3. The third-order valence-electron chi connectivity index (χ3n) is 3.53. The van der Waals surface area contributed by atoms with Gasteiger partial charge in [0.25, 0.3) is 0 Å². The zero-order valence-corrected chi connectivity index (χ0v) is 9.13. The summed E-state index contributed by atoms with van der Waals surface area (Å²) in [6.45, 7) is 4.45. The molecular weight excluding hydrogens is 160 g/mol. The van der Waals surface area contributed by atoms with Crippen LogP contribution in [0.25, 0.3) is 0 Å². The van der Waals surface area contributed by atoms with Crippen LogP contribution < -0.4 is 0 Å². The van der Waals surface area contributed by atoms with Crippen LogP contribution in [0.3, 0.4) is 0 Å². The Hall–Kier alpha value is -0.0400. The van der Waals surface area contributed by atoms with Crippen LogP contribution in [0.5, 0.6) is 0 Å². The van der Waals surface area contributed by atoms with Crippen LogP contribution in [0, 0.1) is 11.8 Å². The number of aliphatic hydroxyl groups is 1. The molecule has 2 atom stereocenters. The number of hydrogen-bond acceptors (Lipinski definition) is 1. The van der Waals surface area contributed by atoms with Crippen molar-refractivity contribution in [2.45, 2.75) is 64.9 Å². The second-order valence-corrected chi connectivity index (χ2v) is 4.71. The fourth-order valence-electron chi connectivity index (χ4n) is 2.29. The molecular formula is C12H24O. The Bertz CT molecular complexity index is 127. The van der Waals surface area contributed by atoms with Gasteiger partial charge in [-0.25, -0.2) is 0 Å². The first kappa shape index (κ1) is 11.0. The average Bonchev–Trinajstić information content (AvgIpc) is 2.19. The van der Waals surface area contributed by atoms with Crippen LogP contribution in [0.4, 0.5) is 0 Å². The third kappa shape index (κ3) is 3.68. The van der Waals surface area contributed by atoms with Crippen LogP contribution in [0.1, 0.15) is 58.8 Å². The van der Waals surface area contributed by atoms with Gasteiger partial charge in [-0.15, -0.1) is 0 Å². The molecule has 1 aliphatic rings. The van der Waals surface area contributed by atoms with Gasteiger partial charge in [0.05, 0.1) is 6.10 Å². The Balaban J connectivity index is 2.24. The summed E-state index contributed by atoms with van der Waals surface area (Å²) in [5.41, 5.74) is 0. The first-order valence-electron chi connectivity index (χ1n) is 5.92. The predicted octanol–water partition coefficient (Wildman–Crippen LogP) is 3.36. The highest BCUT2D eigenvalue weighted by molar-refractivity contribution is 4.74. The maximum absolute atomic E-state index is 9.98. The summed E-state index contributed by atoms with van der Waals surface area (Å²) < 4.78 is 0. The highest BCUT2D eigenvalue weighted by Crippen LogP contribution is 2.29. The molecule has 0 aromatic carbocycles. The molecule has 1 N–H and O–H groups in total. The van der Waals surface area contributed by atoms with E-state index in [0.29, 0.717) is 11.8 Å². The van der Waals surface area contributed by atoms with Gasteiger partial charge in [-0.2, -0.15) is 0 Å². The minimum Gasteiger partial charge on any atom is -0.393 e. The van der Waals surface area contributed by atoms with Gasteiger partial charge in [0, 0.05) is 0 Å². The topological polar surface area (TPSA) is 20.2 Å². The van der Waals surface area contributed by atoms with Crippen molar-refractivity contribution >= 4 is 0 Å². The van der Waals surface area contributed by atoms with Crippen molar-refractivity contribution in [3.05, 3.63) is 0 Å². The SMILES string of the molecule is CCC(C)CC(O)C1CCCCC1. The fraction of sp³-hybridized carbons (Fsp3) is 1.00. The van der Waals surface area contributed by atoms with Gasteiger partial charge >= 0.3 is 0 Å². The van der Waals surface area contributed by atoms with E-state index in [0.717, 1.165) is 6.42 Å². The largest absolute Gasteiger partial charge is 0.393 e. The average molecular weight is 184 g/mol. The molecule has 0 spiro atoms. The Morgan fingerprint density at radius 2 is 1.85 bits per heavy atom. The molecule has 0 bridgehead atoms. The van der Waals surface area contributed by atoms with Crippen LogP contribution in [0.15, 0.2) is 0 Å². The summed E-state index contributed by atoms with van der Waals surface area (Å²) in [5.74, 6) is 1.31. The Morgan fingerprint density at radius 3 is 2.38 bits per heavy atom. The van der Waals surface area contributed by atoms with E-state index < -0.39 is 0 Å². The van der Waals surface area contributed by atoms with Crippen molar-refractivity contribution in [1.82, 2.24) is 0 Å². The second kappa shape index (κ2) is 5.64. The smallest absolute Gasteiger partial charge is 0.0570 e. The molecule has 1 nitrogen and oxygen atoms in total. The van der Waals surface area contributed by atoms with E-state index >= 15 is 0 Å². The number of aliphatic hydroxyl groups excluding tert-OH is 1. The molecule has 0 heterocycles. The van der Waals surface area contributed by atoms with Crippen LogP contribution in [-0.2, 0) is 0 Å². The molecule has 1 saturated carbocycles. The van der Waals surface area contributed by atoms with E-state index in [1.165, 1.54) is 38.5 Å². The van der Waals surface area contributed by atoms with Crippen molar-refractivity contribution in [3.63, 3.8) is 0 Å². The Kier molecular flexibility index (Phi) is 4.79. The number of hydrogen-bond donors (Lipinski definition) is 1. The quantitative estimate of drug-likeness (QED) is 0.710. The molecule has 0 radical (unpaired) electrons. The predicted molar refractivity (Wildman–Crippen MR) is 56.7 cm³/mol. The molecule has 13 heavy (non-hydrogen) atoms. The van der Waals surface area contributed by atoms with Gasteiger partial charge in [-0.1, -0.05) is 39.5 Å². The molecule has 0 amide bonds. The highest BCUT2D eigenvalue weighted by Gasteiger charge is 2.22. The minimum absolute atomic E-state index is 0.0183. The molecule has 1 rings (SSSR count). The van der Waals surface area contributed by atoms with Crippen LogP contribution in [0.2, 0.25) is 0 Å². The molecule has 1 heteroatoms. The highest BCUT2D eigenvalue weighted by atomic mass is 16.3. The fourth-order valence-corrected chi connectivity index (χ4v) is 2.29. The van der Waals surface area contributed by atoms with Crippen molar-refractivity contribution in [3.8, 4) is 0 Å². The summed E-state index contributed by atoms with van der Waals surface area (Å²) in [6, 6.07) is 0. The molecule has 0 aromatic heterocycles. The molecule has 2 unspecified atom stereocenters. The van der Waals surface area contributed by atoms with Gasteiger partial charge in [-0.3, -0.25) is 0 Å². The maximum Gasteiger partial charge on any atom is 0.0570 e. The first-order chi connectivity index (χ1) is 6.24. The maximum atomic E-state index is 9.98. The summed E-state index contributed by atoms with van der Waals surface area (Å²) in [4.78, 5) is 0. The summed E-state index contributed by atoms with van der Waals surface area (Å²) in [7, 11) is 0. The van der Waals surface area contributed by atoms with E-state index in [2.05, 4.69) is 13.8 Å². The van der Waals surface area contributed by atoms with E-state index in [9.17, 15) is 5.11 Å². The first-order valence-corrected chi connectivity index (χ1v) is 5.92. The lowest BCUT2D eigenvalue weighted by molar-refractivity contribution is 0.0639. The lowest BCUT2D eigenvalue weighted by Crippen LogP contribution is -2.24. The molecule has 0 aromatic rings. The lowest BCUT2D eigenvalue weighted by atomic mass is 9.82. The van der Waals surface area contributed by atoms with Crippen molar-refractivity contribution in [2.24, 2.45) is 11.8 Å². The lowest BCUT2D eigenvalue weighted by Gasteiger charge is -2.28. The van der Waals surface area contributed by atoms with Gasteiger partial charge in [0.15, 0.2) is 0 Å². The molecule has 0 aliphatic heterocycles. The number of rotatable bonds is 4. The summed E-state index contributed by atoms with van der Waals surface area (Å²) >= 11 is 0. The van der Waals surface area contributed by atoms with E-state index in [4.69, 9.17) is 0 Å². The normalized spacial score (nSPS) is 24.2. The van der Waals surface area contributed by atoms with E-state index in [1.807, 2.05) is 0 Å². The van der Waals surface area contributed by atoms with E-state index in [-0.39, 0.29) is 6.10 Å². The summed E-state index contributed by atoms with van der Waals surface area (Å²) in [5, 5.41) is 9.98. The molecule has 78 valence electrons. The Labute approximate surface area is 82.5 Å². The second-order valence-electron chi connectivity index (χ2n) is 4.71. The van der Waals surface area contributed by atoms with Gasteiger partial charge < -0.3 is 5.11 Å². The van der Waals surface area contributed by atoms with Crippen molar-refractivity contribution in [1.29, 1.82) is 0 Å². The zero-order chi connectivity index (χ0) is 9.68. The van der Waals surface area contributed by atoms with Crippen LogP contribution >= 0.6 is 0 Å². The van der Waals surface area contributed by atoms with Crippen LogP contribution in [-0.4, -0.2) is 11.2 Å². The van der Waals surface area contributed by atoms with Crippen molar-refractivity contribution < 1.29 is 5.11 Å². The van der Waals surface area contributed by atoms with Crippen molar-refractivity contribution in [2.75, 3.05) is 0 Å². The minimum atomic E-state index is -0.0183. The van der Waals surface area contributed by atoms with Gasteiger partial charge in [0.2, 0.25) is 0 Å². The molecule has 1 aliphatic carbocycles. The third-order valence-corrected chi connectivity index (χ3v) is 3.53. The molecule has 0 saturated heterocycles. The monoisotopic (exact) mass is 184 g/mol.